The first kappa shape index (κ1) is 22.0. The zero-order chi connectivity index (χ0) is 23.5. The number of anilines is 1. The molecule has 0 aliphatic heterocycles. The fourth-order valence-electron chi connectivity index (χ4n) is 3.22. The molecule has 0 aliphatic carbocycles. The molecule has 11 nitrogen and oxygen atoms in total. The number of aryl methyl sites for hydroxylation is 1. The molecule has 168 valence electrons. The van der Waals surface area contributed by atoms with E-state index >= 15 is 0 Å². The smallest absolute Gasteiger partial charge is 0.271 e. The van der Waals surface area contributed by atoms with Crippen LogP contribution in [0.1, 0.15) is 43.7 Å². The minimum Gasteiger partial charge on any atom is -0.369 e. The predicted octanol–water partition coefficient (Wildman–Crippen LogP) is 1.59. The van der Waals surface area contributed by atoms with Crippen LogP contribution in [-0.2, 0) is 18.3 Å². The number of carbonyl (C=O) groups excluding carboxylic acids is 3. The van der Waals surface area contributed by atoms with Gasteiger partial charge >= 0.3 is 0 Å². The lowest BCUT2D eigenvalue weighted by atomic mass is 10.1. The van der Waals surface area contributed by atoms with Crippen LogP contribution in [0.3, 0.4) is 0 Å². The molecule has 0 fully saturated rings. The summed E-state index contributed by atoms with van der Waals surface area (Å²) >= 11 is 1.17. The second-order valence-corrected chi connectivity index (χ2v) is 8.35. The van der Waals surface area contributed by atoms with Gasteiger partial charge in [0.25, 0.3) is 11.8 Å². The molecule has 4 aromatic rings. The molecule has 0 saturated carbocycles. The van der Waals surface area contributed by atoms with E-state index in [0.717, 1.165) is 0 Å². The molecular weight excluding hydrogens is 444 g/mol. The van der Waals surface area contributed by atoms with E-state index in [1.807, 2.05) is 0 Å². The van der Waals surface area contributed by atoms with Crippen molar-refractivity contribution in [1.29, 1.82) is 0 Å². The summed E-state index contributed by atoms with van der Waals surface area (Å²) in [5.74, 6) is -1.19. The third-order valence-electron chi connectivity index (χ3n) is 4.77. The highest BCUT2D eigenvalue weighted by molar-refractivity contribution is 7.13. The van der Waals surface area contributed by atoms with Gasteiger partial charge in [0.2, 0.25) is 5.91 Å². The van der Waals surface area contributed by atoms with Crippen LogP contribution in [0.15, 0.2) is 43.0 Å². The predicted molar refractivity (Wildman–Crippen MR) is 122 cm³/mol. The van der Waals surface area contributed by atoms with E-state index in [4.69, 9.17) is 5.73 Å². The average molecular weight is 465 g/mol. The Morgan fingerprint density at radius 1 is 1.15 bits per heavy atom. The van der Waals surface area contributed by atoms with Gasteiger partial charge in [0, 0.05) is 12.7 Å². The molecule has 12 heteroatoms. The summed E-state index contributed by atoms with van der Waals surface area (Å²) < 4.78 is 1.56. The molecule has 4 rings (SSSR count). The van der Waals surface area contributed by atoms with Gasteiger partial charge in [0.15, 0.2) is 5.65 Å². The zero-order valence-electron chi connectivity index (χ0n) is 17.8. The molecule has 0 spiro atoms. The van der Waals surface area contributed by atoms with Crippen LogP contribution in [0.5, 0.6) is 0 Å². The first-order chi connectivity index (χ1) is 15.8. The molecule has 4 N–H and O–H groups in total. The summed E-state index contributed by atoms with van der Waals surface area (Å²) in [5.41, 5.74) is 7.23. The molecule has 33 heavy (non-hydrogen) atoms. The maximum absolute atomic E-state index is 12.8. The van der Waals surface area contributed by atoms with Crippen molar-refractivity contribution in [2.24, 2.45) is 12.8 Å². The van der Waals surface area contributed by atoms with Crippen LogP contribution in [0, 0.1) is 0 Å². The molecule has 1 atom stereocenters. The number of nitrogens with zero attached hydrogens (tertiary/aromatic N) is 5. The highest BCUT2D eigenvalue weighted by Crippen LogP contribution is 2.22. The summed E-state index contributed by atoms with van der Waals surface area (Å²) in [4.78, 5) is 49.4. The van der Waals surface area contributed by atoms with Gasteiger partial charge < -0.3 is 16.4 Å². The Labute approximate surface area is 192 Å². The Hall–Kier alpha value is -4.19. The van der Waals surface area contributed by atoms with Gasteiger partial charge in [-0.1, -0.05) is 12.1 Å². The molecule has 0 saturated heterocycles. The van der Waals surface area contributed by atoms with Crippen LogP contribution in [-0.4, -0.2) is 42.5 Å². The first-order valence-electron chi connectivity index (χ1n) is 9.89. The van der Waals surface area contributed by atoms with Gasteiger partial charge in [-0.05, 0) is 24.6 Å². The number of hydrogen-bond donors (Lipinski definition) is 3. The fraction of sp³-hybridized carbons (Fsp3) is 0.190. The van der Waals surface area contributed by atoms with Gasteiger partial charge in [-0.25, -0.2) is 15.0 Å². The van der Waals surface area contributed by atoms with Crippen LogP contribution in [0.25, 0.3) is 11.0 Å². The highest BCUT2D eigenvalue weighted by atomic mass is 32.1. The lowest BCUT2D eigenvalue weighted by Crippen LogP contribution is -2.27. The molecule has 3 aromatic heterocycles. The van der Waals surface area contributed by atoms with Gasteiger partial charge in [-0.2, -0.15) is 5.10 Å². The van der Waals surface area contributed by atoms with Crippen LogP contribution in [0.2, 0.25) is 0 Å². The second kappa shape index (κ2) is 9.12. The minimum atomic E-state index is -0.454. The standard InChI is InChI=1S/C21H20N8O3S/c1-11(27-20(32)17-14-8-26-29(2)18(14)25-10-24-17)21-23-9-15(33-21)19(31)28-13-5-3-4-12(6-13)7-16(22)30/h3-6,8-11H,7H2,1-2H3,(H2,22,30)(H,27,32)(H,28,31). The van der Waals surface area contributed by atoms with Crippen molar-refractivity contribution in [2.75, 3.05) is 5.32 Å². The third-order valence-corrected chi connectivity index (χ3v) is 5.95. The topological polar surface area (TPSA) is 158 Å². The summed E-state index contributed by atoms with van der Waals surface area (Å²) in [6.45, 7) is 1.77. The lowest BCUT2D eigenvalue weighted by molar-refractivity contribution is -0.117. The number of fused-ring (bicyclic) bond motifs is 1. The summed E-state index contributed by atoms with van der Waals surface area (Å²) in [6.07, 6.45) is 4.39. The Morgan fingerprint density at radius 3 is 2.76 bits per heavy atom. The number of carbonyl (C=O) groups is 3. The van der Waals surface area contributed by atoms with Crippen molar-refractivity contribution in [1.82, 2.24) is 30.0 Å². The van der Waals surface area contributed by atoms with Crippen molar-refractivity contribution in [3.05, 3.63) is 64.1 Å². The number of aromatic nitrogens is 5. The number of primary amides is 1. The van der Waals surface area contributed by atoms with E-state index in [0.29, 0.717) is 32.2 Å². The summed E-state index contributed by atoms with van der Waals surface area (Å²) in [7, 11) is 1.73. The van der Waals surface area contributed by atoms with Crippen molar-refractivity contribution >= 4 is 45.8 Å². The van der Waals surface area contributed by atoms with Gasteiger partial charge in [0.05, 0.1) is 30.2 Å². The average Bonchev–Trinajstić information content (AvgIpc) is 3.41. The van der Waals surface area contributed by atoms with Gasteiger partial charge in [-0.3, -0.25) is 19.1 Å². The first-order valence-corrected chi connectivity index (χ1v) is 10.7. The third kappa shape index (κ3) is 4.85. The molecule has 0 aliphatic rings. The van der Waals surface area contributed by atoms with Crippen molar-refractivity contribution in [3.8, 4) is 0 Å². The van der Waals surface area contributed by atoms with Crippen molar-refractivity contribution in [3.63, 3.8) is 0 Å². The van der Waals surface area contributed by atoms with Crippen molar-refractivity contribution in [2.45, 2.75) is 19.4 Å². The van der Waals surface area contributed by atoms with Gasteiger partial charge in [-0.15, -0.1) is 11.3 Å². The summed E-state index contributed by atoms with van der Waals surface area (Å²) in [5, 5.41) is 10.8. The molecule has 3 heterocycles. The number of hydrogen-bond acceptors (Lipinski definition) is 8. The quantitative estimate of drug-likeness (QED) is 0.375. The molecule has 0 radical (unpaired) electrons. The number of amides is 3. The Balaban J connectivity index is 1.43. The van der Waals surface area contributed by atoms with Crippen LogP contribution < -0.4 is 16.4 Å². The maximum atomic E-state index is 12.8. The Kier molecular flexibility index (Phi) is 6.09. The number of thiazole rings is 1. The highest BCUT2D eigenvalue weighted by Gasteiger charge is 2.20. The van der Waals surface area contributed by atoms with E-state index in [9.17, 15) is 14.4 Å². The number of rotatable bonds is 7. The normalized spacial score (nSPS) is 11.8. The van der Waals surface area contributed by atoms with E-state index in [-0.39, 0.29) is 18.0 Å². The molecule has 0 bridgehead atoms. The molecular formula is C21H20N8O3S. The molecule has 1 aromatic carbocycles. The SMILES string of the molecule is CC(NC(=O)c1ncnc2c1cnn2C)c1ncc(C(=O)Nc2cccc(CC(N)=O)c2)s1. The molecule has 1 unspecified atom stereocenters. The van der Waals surface area contributed by atoms with Crippen LogP contribution >= 0.6 is 11.3 Å². The summed E-state index contributed by atoms with van der Waals surface area (Å²) in [6, 6.07) is 6.44. The van der Waals surface area contributed by atoms with E-state index in [1.54, 1.807) is 49.1 Å². The van der Waals surface area contributed by atoms with E-state index < -0.39 is 17.9 Å². The molecule has 3 amide bonds. The fourth-order valence-corrected chi connectivity index (χ4v) is 4.03. The van der Waals surface area contributed by atoms with E-state index in [2.05, 4.69) is 30.7 Å². The number of nitrogens with one attached hydrogen (secondary N) is 2. The largest absolute Gasteiger partial charge is 0.369 e. The number of benzene rings is 1. The van der Waals surface area contributed by atoms with Crippen LogP contribution in [0.4, 0.5) is 5.69 Å². The Morgan fingerprint density at radius 2 is 1.97 bits per heavy atom. The van der Waals surface area contributed by atoms with Gasteiger partial charge in [0.1, 0.15) is 21.9 Å². The maximum Gasteiger partial charge on any atom is 0.271 e. The lowest BCUT2D eigenvalue weighted by Gasteiger charge is -2.11. The van der Waals surface area contributed by atoms with Crippen molar-refractivity contribution < 1.29 is 14.4 Å². The van der Waals surface area contributed by atoms with E-state index in [1.165, 1.54) is 23.9 Å². The Bertz CT molecular complexity index is 1360. The second-order valence-electron chi connectivity index (χ2n) is 7.28. The monoisotopic (exact) mass is 464 g/mol. The number of nitrogens with two attached hydrogens (primary N) is 1. The zero-order valence-corrected chi connectivity index (χ0v) is 18.6. The minimum absolute atomic E-state index is 0.0866.